The summed E-state index contributed by atoms with van der Waals surface area (Å²) in [5.74, 6) is 1.56. The zero-order valence-corrected chi connectivity index (χ0v) is 12.4. The Morgan fingerprint density at radius 2 is 2.00 bits per heavy atom. The van der Waals surface area contributed by atoms with Crippen molar-refractivity contribution < 1.29 is 14.2 Å². The second-order valence-electron chi connectivity index (χ2n) is 4.53. The summed E-state index contributed by atoms with van der Waals surface area (Å²) in [5.41, 5.74) is 1.17. The van der Waals surface area contributed by atoms with Gasteiger partial charge in [-0.1, -0.05) is 6.07 Å². The molecule has 0 saturated heterocycles. The first kappa shape index (κ1) is 15.8. The van der Waals surface area contributed by atoms with Gasteiger partial charge in [0, 0.05) is 19.7 Å². The molecular weight excluding hydrogens is 242 g/mol. The van der Waals surface area contributed by atoms with Crippen molar-refractivity contribution in [1.82, 2.24) is 5.32 Å². The van der Waals surface area contributed by atoms with Crippen molar-refractivity contribution in [2.45, 2.75) is 33.4 Å². The molecule has 0 unspecified atom stereocenters. The first-order chi connectivity index (χ1) is 9.17. The zero-order chi connectivity index (χ0) is 14.1. The van der Waals surface area contributed by atoms with Crippen molar-refractivity contribution in [3.63, 3.8) is 0 Å². The van der Waals surface area contributed by atoms with Gasteiger partial charge in [-0.25, -0.2) is 0 Å². The van der Waals surface area contributed by atoms with Crippen LogP contribution in [0.4, 0.5) is 0 Å². The van der Waals surface area contributed by atoms with Crippen LogP contribution in [0.1, 0.15) is 26.3 Å². The minimum Gasteiger partial charge on any atom is -0.493 e. The number of ether oxygens (including phenoxy) is 3. The van der Waals surface area contributed by atoms with Gasteiger partial charge in [-0.2, -0.15) is 0 Å². The molecule has 0 atom stereocenters. The quantitative estimate of drug-likeness (QED) is 0.698. The Morgan fingerprint density at radius 3 is 2.63 bits per heavy atom. The SMILES string of the molecule is CCOCCNCc1ccc(OC(C)C)c(OC)c1. The van der Waals surface area contributed by atoms with E-state index in [2.05, 4.69) is 5.32 Å². The van der Waals surface area contributed by atoms with Crippen LogP contribution in [0.25, 0.3) is 0 Å². The molecule has 0 spiro atoms. The van der Waals surface area contributed by atoms with Crippen LogP contribution < -0.4 is 14.8 Å². The van der Waals surface area contributed by atoms with Crippen LogP contribution >= 0.6 is 0 Å². The van der Waals surface area contributed by atoms with Crippen molar-refractivity contribution in [1.29, 1.82) is 0 Å². The van der Waals surface area contributed by atoms with Gasteiger partial charge in [0.1, 0.15) is 0 Å². The van der Waals surface area contributed by atoms with Crippen LogP contribution in [0.2, 0.25) is 0 Å². The van der Waals surface area contributed by atoms with E-state index in [1.165, 1.54) is 5.56 Å². The monoisotopic (exact) mass is 267 g/mol. The molecule has 0 fully saturated rings. The van der Waals surface area contributed by atoms with Gasteiger partial charge in [0.25, 0.3) is 0 Å². The third-order valence-electron chi connectivity index (χ3n) is 2.55. The van der Waals surface area contributed by atoms with E-state index in [1.54, 1.807) is 7.11 Å². The fraction of sp³-hybridized carbons (Fsp3) is 0.600. The molecule has 108 valence electrons. The molecule has 0 radical (unpaired) electrons. The van der Waals surface area contributed by atoms with Crippen molar-refractivity contribution >= 4 is 0 Å². The lowest BCUT2D eigenvalue weighted by Gasteiger charge is -2.14. The molecule has 1 rings (SSSR count). The van der Waals surface area contributed by atoms with Gasteiger partial charge in [0.15, 0.2) is 11.5 Å². The molecule has 1 N–H and O–H groups in total. The van der Waals surface area contributed by atoms with Gasteiger partial charge in [-0.15, -0.1) is 0 Å². The highest BCUT2D eigenvalue weighted by Gasteiger charge is 2.07. The van der Waals surface area contributed by atoms with Gasteiger partial charge in [0.2, 0.25) is 0 Å². The number of rotatable bonds is 9. The Morgan fingerprint density at radius 1 is 1.21 bits per heavy atom. The summed E-state index contributed by atoms with van der Waals surface area (Å²) in [6.45, 7) is 9.15. The number of nitrogens with one attached hydrogen (secondary N) is 1. The van der Waals surface area contributed by atoms with Crippen LogP contribution in [0, 0.1) is 0 Å². The highest BCUT2D eigenvalue weighted by atomic mass is 16.5. The first-order valence-corrected chi connectivity index (χ1v) is 6.79. The standard InChI is InChI=1S/C15H25NO3/c1-5-18-9-8-16-11-13-6-7-14(19-12(2)3)15(10-13)17-4/h6-7,10,12,16H,5,8-9,11H2,1-4H3. The third kappa shape index (κ3) is 5.94. The number of hydrogen-bond acceptors (Lipinski definition) is 4. The maximum absolute atomic E-state index is 5.68. The number of hydrogen-bond donors (Lipinski definition) is 1. The molecule has 0 heterocycles. The van der Waals surface area contributed by atoms with Gasteiger partial charge in [0.05, 0.1) is 19.8 Å². The third-order valence-corrected chi connectivity index (χ3v) is 2.55. The lowest BCUT2D eigenvalue weighted by Crippen LogP contribution is -2.19. The van der Waals surface area contributed by atoms with E-state index in [4.69, 9.17) is 14.2 Å². The summed E-state index contributed by atoms with van der Waals surface area (Å²) in [7, 11) is 1.66. The number of benzene rings is 1. The van der Waals surface area contributed by atoms with Crippen LogP contribution in [0.15, 0.2) is 18.2 Å². The van der Waals surface area contributed by atoms with Crippen molar-refractivity contribution in [2.24, 2.45) is 0 Å². The van der Waals surface area contributed by atoms with E-state index in [-0.39, 0.29) is 6.10 Å². The van der Waals surface area contributed by atoms with Crippen LogP contribution in [-0.2, 0) is 11.3 Å². The van der Waals surface area contributed by atoms with Crippen LogP contribution in [0.3, 0.4) is 0 Å². The van der Waals surface area contributed by atoms with Gasteiger partial charge >= 0.3 is 0 Å². The summed E-state index contributed by atoms with van der Waals surface area (Å²) in [4.78, 5) is 0. The molecular formula is C15H25NO3. The Hall–Kier alpha value is -1.26. The molecule has 1 aromatic rings. The van der Waals surface area contributed by atoms with Crippen molar-refractivity contribution in [2.75, 3.05) is 26.9 Å². The zero-order valence-electron chi connectivity index (χ0n) is 12.4. The molecule has 0 aliphatic heterocycles. The summed E-state index contributed by atoms with van der Waals surface area (Å²) >= 11 is 0. The molecule has 0 bridgehead atoms. The summed E-state index contributed by atoms with van der Waals surface area (Å²) < 4.78 is 16.3. The molecule has 1 aromatic carbocycles. The summed E-state index contributed by atoms with van der Waals surface area (Å²) in [6.07, 6.45) is 0.143. The van der Waals surface area contributed by atoms with Crippen molar-refractivity contribution in [3.05, 3.63) is 23.8 Å². The molecule has 0 aliphatic carbocycles. The lowest BCUT2D eigenvalue weighted by atomic mass is 10.2. The minimum atomic E-state index is 0.143. The summed E-state index contributed by atoms with van der Waals surface area (Å²) in [6, 6.07) is 6.01. The molecule has 4 nitrogen and oxygen atoms in total. The lowest BCUT2D eigenvalue weighted by molar-refractivity contribution is 0.149. The van der Waals surface area contributed by atoms with Crippen LogP contribution in [-0.4, -0.2) is 33.0 Å². The molecule has 4 heteroatoms. The average Bonchev–Trinajstić information content (AvgIpc) is 2.39. The highest BCUT2D eigenvalue weighted by Crippen LogP contribution is 2.28. The molecule has 0 aliphatic rings. The minimum absolute atomic E-state index is 0.143. The summed E-state index contributed by atoms with van der Waals surface area (Å²) in [5, 5.41) is 3.33. The maximum Gasteiger partial charge on any atom is 0.161 e. The first-order valence-electron chi connectivity index (χ1n) is 6.79. The Labute approximate surface area is 116 Å². The Kier molecular flexibility index (Phi) is 7.30. The molecule has 0 amide bonds. The Balaban J connectivity index is 2.51. The average molecular weight is 267 g/mol. The second-order valence-corrected chi connectivity index (χ2v) is 4.53. The van der Waals surface area contributed by atoms with Gasteiger partial charge in [-0.3, -0.25) is 0 Å². The fourth-order valence-corrected chi connectivity index (χ4v) is 1.69. The second kappa shape index (κ2) is 8.77. The van der Waals surface area contributed by atoms with E-state index in [0.717, 1.165) is 37.8 Å². The van der Waals surface area contributed by atoms with E-state index in [1.807, 2.05) is 39.0 Å². The normalized spacial score (nSPS) is 10.8. The molecule has 0 saturated carbocycles. The predicted molar refractivity (Wildman–Crippen MR) is 77.0 cm³/mol. The molecule has 0 aromatic heterocycles. The number of methoxy groups -OCH3 is 1. The Bertz CT molecular complexity index is 366. The van der Waals surface area contributed by atoms with E-state index in [0.29, 0.717) is 0 Å². The van der Waals surface area contributed by atoms with E-state index >= 15 is 0 Å². The van der Waals surface area contributed by atoms with Crippen LogP contribution in [0.5, 0.6) is 11.5 Å². The topological polar surface area (TPSA) is 39.7 Å². The molecule has 19 heavy (non-hydrogen) atoms. The van der Waals surface area contributed by atoms with E-state index in [9.17, 15) is 0 Å². The largest absolute Gasteiger partial charge is 0.493 e. The highest BCUT2D eigenvalue weighted by molar-refractivity contribution is 5.43. The smallest absolute Gasteiger partial charge is 0.161 e. The van der Waals surface area contributed by atoms with E-state index < -0.39 is 0 Å². The fourth-order valence-electron chi connectivity index (χ4n) is 1.69. The van der Waals surface area contributed by atoms with Gasteiger partial charge < -0.3 is 19.5 Å². The maximum atomic E-state index is 5.68. The van der Waals surface area contributed by atoms with Crippen molar-refractivity contribution in [3.8, 4) is 11.5 Å². The predicted octanol–water partition coefficient (Wildman–Crippen LogP) is 2.61. The van der Waals surface area contributed by atoms with Gasteiger partial charge in [-0.05, 0) is 38.5 Å².